The maximum Gasteiger partial charge on any atom is 0.256 e. The molecule has 0 spiro atoms. The van der Waals surface area contributed by atoms with Gasteiger partial charge in [0.2, 0.25) is 0 Å². The topological polar surface area (TPSA) is 58.1 Å². The first-order valence-corrected chi connectivity index (χ1v) is 8.68. The molecule has 0 aliphatic heterocycles. The number of amides is 1. The Balaban J connectivity index is 2.46. The van der Waals surface area contributed by atoms with Gasteiger partial charge in [0.1, 0.15) is 17.2 Å². The van der Waals surface area contributed by atoms with Gasteiger partial charge in [0.15, 0.2) is 5.82 Å². The molecule has 0 saturated carbocycles. The van der Waals surface area contributed by atoms with E-state index < -0.39 is 0 Å². The van der Waals surface area contributed by atoms with Crippen molar-refractivity contribution in [1.29, 1.82) is 0 Å². The Morgan fingerprint density at radius 1 is 1.20 bits per heavy atom. The van der Waals surface area contributed by atoms with E-state index in [0.29, 0.717) is 22.8 Å². The van der Waals surface area contributed by atoms with Crippen LogP contribution in [0.4, 0.5) is 10.2 Å². The van der Waals surface area contributed by atoms with Crippen LogP contribution in [0.5, 0.6) is 0 Å². The second-order valence-corrected chi connectivity index (χ2v) is 5.89. The number of nitrogens with zero attached hydrogens (tertiary/aromatic N) is 3. The van der Waals surface area contributed by atoms with E-state index in [0.717, 1.165) is 19.5 Å². The number of nitrogens with one attached hydrogen (secondary N) is 1. The number of hydrogen-bond acceptors (Lipinski definition) is 4. The van der Waals surface area contributed by atoms with Gasteiger partial charge in [0, 0.05) is 30.9 Å². The summed E-state index contributed by atoms with van der Waals surface area (Å²) in [6.07, 6.45) is 2.40. The average Bonchev–Trinajstić information content (AvgIpc) is 2.63. The van der Waals surface area contributed by atoms with Gasteiger partial charge >= 0.3 is 0 Å². The van der Waals surface area contributed by atoms with Crippen LogP contribution in [0.2, 0.25) is 0 Å². The van der Waals surface area contributed by atoms with E-state index in [1.807, 2.05) is 32.6 Å². The minimum Gasteiger partial charge on any atom is -0.356 e. The summed E-state index contributed by atoms with van der Waals surface area (Å²) in [5.74, 6) is 0.585. The van der Waals surface area contributed by atoms with Crippen LogP contribution < -0.4 is 10.2 Å². The monoisotopic (exact) mass is 344 g/mol. The van der Waals surface area contributed by atoms with Crippen LogP contribution in [0.15, 0.2) is 30.5 Å². The largest absolute Gasteiger partial charge is 0.356 e. The number of aromatic nitrogens is 2. The van der Waals surface area contributed by atoms with Crippen molar-refractivity contribution in [2.45, 2.75) is 40.2 Å². The molecule has 1 atom stereocenters. The lowest BCUT2D eigenvalue weighted by atomic mass is 10.2. The number of hydrogen-bond donors (Lipinski definition) is 1. The van der Waals surface area contributed by atoms with Gasteiger partial charge < -0.3 is 10.2 Å². The minimum atomic E-state index is -0.308. The first-order chi connectivity index (χ1) is 12.0. The molecule has 0 saturated heterocycles. The van der Waals surface area contributed by atoms with Crippen molar-refractivity contribution in [2.24, 2.45) is 0 Å². The fraction of sp³-hybridized carbons (Fsp3) is 0.421. The highest BCUT2D eigenvalue weighted by atomic mass is 19.1. The molecule has 0 fully saturated rings. The molecular formula is C19H25FN4O. The Hall–Kier alpha value is -2.50. The summed E-state index contributed by atoms with van der Waals surface area (Å²) in [7, 11) is 0. The molecular weight excluding hydrogens is 319 g/mol. The van der Waals surface area contributed by atoms with Crippen molar-refractivity contribution in [3.8, 4) is 11.4 Å². The highest BCUT2D eigenvalue weighted by Gasteiger charge is 2.20. The minimum absolute atomic E-state index is 0.0776. The summed E-state index contributed by atoms with van der Waals surface area (Å²) in [5.41, 5.74) is 1.17. The summed E-state index contributed by atoms with van der Waals surface area (Å²) in [5, 5.41) is 2.96. The smallest absolute Gasteiger partial charge is 0.256 e. The van der Waals surface area contributed by atoms with Crippen molar-refractivity contribution in [2.75, 3.05) is 18.0 Å². The Labute approximate surface area is 148 Å². The lowest BCUT2D eigenvalue weighted by molar-refractivity contribution is 0.0939. The summed E-state index contributed by atoms with van der Waals surface area (Å²) >= 11 is 0. The molecule has 0 aliphatic carbocycles. The van der Waals surface area contributed by atoms with Crippen molar-refractivity contribution in [3.05, 3.63) is 41.8 Å². The van der Waals surface area contributed by atoms with Gasteiger partial charge in [-0.2, -0.15) is 0 Å². The molecule has 6 heteroatoms. The maximum atomic E-state index is 13.1. The molecule has 0 radical (unpaired) electrons. The second kappa shape index (κ2) is 8.55. The molecule has 1 amide bonds. The number of carbonyl (C=O) groups excluding carboxylic acids is 1. The second-order valence-electron chi connectivity index (χ2n) is 5.89. The first-order valence-electron chi connectivity index (χ1n) is 8.68. The highest BCUT2D eigenvalue weighted by molar-refractivity contribution is 5.99. The molecule has 1 aromatic carbocycles. The Morgan fingerprint density at radius 3 is 2.40 bits per heavy atom. The molecule has 134 valence electrons. The van der Waals surface area contributed by atoms with Gasteiger partial charge in [-0.15, -0.1) is 0 Å². The molecule has 2 aromatic rings. The van der Waals surface area contributed by atoms with E-state index in [1.165, 1.54) is 12.1 Å². The van der Waals surface area contributed by atoms with Crippen LogP contribution in [0, 0.1) is 5.82 Å². The molecule has 0 bridgehead atoms. The zero-order chi connectivity index (χ0) is 18.4. The quantitative estimate of drug-likeness (QED) is 0.833. The van der Waals surface area contributed by atoms with E-state index in [4.69, 9.17) is 0 Å². The van der Waals surface area contributed by atoms with E-state index in [-0.39, 0.29) is 17.8 Å². The van der Waals surface area contributed by atoms with Gasteiger partial charge in [0.05, 0.1) is 0 Å². The molecule has 1 aromatic heterocycles. The summed E-state index contributed by atoms with van der Waals surface area (Å²) in [6, 6.07) is 6.10. The number of rotatable bonds is 7. The maximum absolute atomic E-state index is 13.1. The van der Waals surface area contributed by atoms with Crippen LogP contribution in [-0.4, -0.2) is 35.0 Å². The number of anilines is 1. The first kappa shape index (κ1) is 18.8. The third-order valence-electron chi connectivity index (χ3n) is 4.17. The summed E-state index contributed by atoms with van der Waals surface area (Å²) in [4.78, 5) is 23.5. The molecule has 5 nitrogen and oxygen atoms in total. The van der Waals surface area contributed by atoms with Crippen LogP contribution >= 0.6 is 0 Å². The van der Waals surface area contributed by atoms with Crippen LogP contribution in [0.25, 0.3) is 11.4 Å². The van der Waals surface area contributed by atoms with Crippen LogP contribution in [-0.2, 0) is 0 Å². The van der Waals surface area contributed by atoms with Crippen molar-refractivity contribution in [3.63, 3.8) is 0 Å². The Bertz CT molecular complexity index is 714. The zero-order valence-corrected chi connectivity index (χ0v) is 15.2. The van der Waals surface area contributed by atoms with Gasteiger partial charge in [-0.05, 0) is 51.5 Å². The van der Waals surface area contributed by atoms with Gasteiger partial charge in [-0.1, -0.05) is 6.92 Å². The van der Waals surface area contributed by atoms with Gasteiger partial charge in [-0.25, -0.2) is 14.4 Å². The summed E-state index contributed by atoms with van der Waals surface area (Å²) < 4.78 is 13.1. The Kier molecular flexibility index (Phi) is 6.44. The highest BCUT2D eigenvalue weighted by Crippen LogP contribution is 2.23. The van der Waals surface area contributed by atoms with E-state index in [9.17, 15) is 9.18 Å². The lowest BCUT2D eigenvalue weighted by Crippen LogP contribution is -2.34. The fourth-order valence-electron chi connectivity index (χ4n) is 2.44. The van der Waals surface area contributed by atoms with Crippen molar-refractivity contribution >= 4 is 11.7 Å². The Morgan fingerprint density at radius 2 is 1.84 bits per heavy atom. The van der Waals surface area contributed by atoms with E-state index in [2.05, 4.69) is 15.3 Å². The number of carbonyl (C=O) groups is 1. The lowest BCUT2D eigenvalue weighted by Gasteiger charge is -2.23. The average molecular weight is 344 g/mol. The third-order valence-corrected chi connectivity index (χ3v) is 4.17. The van der Waals surface area contributed by atoms with E-state index in [1.54, 1.807) is 18.3 Å². The molecule has 2 rings (SSSR count). The normalized spacial score (nSPS) is 11.9. The summed E-state index contributed by atoms with van der Waals surface area (Å²) in [6.45, 7) is 9.45. The van der Waals surface area contributed by atoms with Gasteiger partial charge in [-0.3, -0.25) is 4.79 Å². The predicted molar refractivity (Wildman–Crippen MR) is 98.2 cm³/mol. The molecule has 0 aliphatic rings. The molecule has 25 heavy (non-hydrogen) atoms. The SMILES string of the molecule is CCC(C)NC(=O)c1cnc(-c2ccc(F)cc2)nc1N(CC)CC. The standard InChI is InChI=1S/C19H25FN4O/c1-5-13(4)22-19(25)16-12-21-17(14-8-10-15(20)11-9-14)23-18(16)24(6-2)7-3/h8-13H,5-7H2,1-4H3,(H,22,25). The van der Waals surface area contributed by atoms with Crippen molar-refractivity contribution < 1.29 is 9.18 Å². The number of benzene rings is 1. The predicted octanol–water partition coefficient (Wildman–Crippen LogP) is 3.66. The number of halogens is 1. The van der Waals surface area contributed by atoms with E-state index >= 15 is 0 Å². The van der Waals surface area contributed by atoms with Crippen LogP contribution in [0.1, 0.15) is 44.5 Å². The zero-order valence-electron chi connectivity index (χ0n) is 15.2. The molecule has 1 N–H and O–H groups in total. The fourth-order valence-corrected chi connectivity index (χ4v) is 2.44. The van der Waals surface area contributed by atoms with Gasteiger partial charge in [0.25, 0.3) is 5.91 Å². The van der Waals surface area contributed by atoms with Crippen LogP contribution in [0.3, 0.4) is 0 Å². The molecule has 1 unspecified atom stereocenters. The third kappa shape index (κ3) is 4.53. The van der Waals surface area contributed by atoms with Crippen molar-refractivity contribution in [1.82, 2.24) is 15.3 Å². The molecule has 1 heterocycles.